The smallest absolute Gasteiger partial charge is 0.332 e. The topological polar surface area (TPSA) is 116 Å². The van der Waals surface area contributed by atoms with Crippen LogP contribution in [0.5, 0.6) is 11.5 Å². The summed E-state index contributed by atoms with van der Waals surface area (Å²) in [6, 6.07) is 17.4. The van der Waals surface area contributed by atoms with E-state index in [1.807, 2.05) is 60.7 Å². The van der Waals surface area contributed by atoms with E-state index in [0.29, 0.717) is 37.3 Å². The number of esters is 1. The summed E-state index contributed by atoms with van der Waals surface area (Å²) in [5, 5.41) is 6.89. The molecule has 0 spiro atoms. The van der Waals surface area contributed by atoms with E-state index in [4.69, 9.17) is 19.2 Å². The van der Waals surface area contributed by atoms with Gasteiger partial charge in [0.05, 0.1) is 36.8 Å². The molecule has 2 aromatic carbocycles. The number of nitrogens with zero attached hydrogens (tertiary/aromatic N) is 1. The van der Waals surface area contributed by atoms with Crippen molar-refractivity contribution >= 4 is 28.7 Å². The highest BCUT2D eigenvalue weighted by Crippen LogP contribution is 2.47. The number of hydrogen-bond donors (Lipinski definition) is 2. The van der Waals surface area contributed by atoms with Gasteiger partial charge in [-0.3, -0.25) is 9.59 Å². The van der Waals surface area contributed by atoms with Crippen molar-refractivity contribution in [2.24, 2.45) is 17.8 Å². The first-order valence-electron chi connectivity index (χ1n) is 15.6. The monoisotopic (exact) mass is 597 g/mol. The lowest BCUT2D eigenvalue weighted by molar-refractivity contribution is -0.150. The average molecular weight is 598 g/mol. The largest absolute Gasteiger partial charge is 0.497 e. The highest BCUT2D eigenvalue weighted by Gasteiger charge is 2.62. The lowest BCUT2D eigenvalue weighted by Gasteiger charge is -2.23. The summed E-state index contributed by atoms with van der Waals surface area (Å²) in [5.74, 6) is -0.939. The van der Waals surface area contributed by atoms with Crippen molar-refractivity contribution in [1.82, 2.24) is 15.6 Å². The second-order valence-corrected chi connectivity index (χ2v) is 11.9. The van der Waals surface area contributed by atoms with Crippen molar-refractivity contribution in [3.63, 3.8) is 0 Å². The summed E-state index contributed by atoms with van der Waals surface area (Å²) < 4.78 is 17.5. The highest BCUT2D eigenvalue weighted by molar-refractivity contribution is 5.95. The summed E-state index contributed by atoms with van der Waals surface area (Å²) in [6.07, 6.45) is 7.49. The van der Waals surface area contributed by atoms with Gasteiger partial charge in [-0.05, 0) is 57.6 Å². The van der Waals surface area contributed by atoms with Gasteiger partial charge in [0.15, 0.2) is 0 Å². The van der Waals surface area contributed by atoms with E-state index in [9.17, 15) is 14.4 Å². The van der Waals surface area contributed by atoms with Gasteiger partial charge in [-0.2, -0.15) is 0 Å². The van der Waals surface area contributed by atoms with Crippen LogP contribution in [0, 0.1) is 17.8 Å². The predicted octanol–water partition coefficient (Wildman–Crippen LogP) is 4.98. The van der Waals surface area contributed by atoms with E-state index in [0.717, 1.165) is 41.4 Å². The Balaban J connectivity index is 1.30. The molecule has 2 fully saturated rings. The molecule has 44 heavy (non-hydrogen) atoms. The number of benzene rings is 2. The summed E-state index contributed by atoms with van der Waals surface area (Å²) >= 11 is 0. The molecular weight excluding hydrogens is 558 g/mol. The van der Waals surface area contributed by atoms with Crippen LogP contribution in [-0.4, -0.2) is 54.7 Å². The van der Waals surface area contributed by atoms with Gasteiger partial charge < -0.3 is 24.8 Å². The maximum Gasteiger partial charge on any atom is 0.332 e. The minimum absolute atomic E-state index is 0.120. The number of amides is 2. The molecule has 2 aliphatic carbocycles. The maximum atomic E-state index is 13.9. The zero-order valence-electron chi connectivity index (χ0n) is 25.2. The summed E-state index contributed by atoms with van der Waals surface area (Å²) in [6.45, 7) is 2.54. The van der Waals surface area contributed by atoms with Crippen molar-refractivity contribution in [3.8, 4) is 22.8 Å². The first-order chi connectivity index (χ1) is 21.4. The number of methoxy groups -OCH3 is 1. The number of carbonyl (C=O) groups is 3. The molecule has 2 amide bonds. The molecule has 230 valence electrons. The Hall–Kier alpha value is -4.40. The number of carbonyl (C=O) groups excluding carboxylic acids is 3. The van der Waals surface area contributed by atoms with Gasteiger partial charge in [0.1, 0.15) is 23.1 Å². The fourth-order valence-electron chi connectivity index (χ4n) is 6.52. The molecule has 0 bridgehead atoms. The predicted molar refractivity (Wildman–Crippen MR) is 166 cm³/mol. The van der Waals surface area contributed by atoms with Gasteiger partial charge in [0.2, 0.25) is 11.8 Å². The van der Waals surface area contributed by atoms with Gasteiger partial charge in [-0.1, -0.05) is 42.5 Å². The summed E-state index contributed by atoms with van der Waals surface area (Å²) in [4.78, 5) is 45.3. The summed E-state index contributed by atoms with van der Waals surface area (Å²) in [7, 11) is 1.62. The third-order valence-corrected chi connectivity index (χ3v) is 9.00. The molecule has 1 aromatic heterocycles. The van der Waals surface area contributed by atoms with Crippen LogP contribution in [0.3, 0.4) is 0 Å². The van der Waals surface area contributed by atoms with E-state index < -0.39 is 29.4 Å². The van der Waals surface area contributed by atoms with Gasteiger partial charge in [0, 0.05) is 35.5 Å². The zero-order valence-corrected chi connectivity index (χ0v) is 25.2. The third-order valence-electron chi connectivity index (χ3n) is 9.00. The normalized spacial score (nSPS) is 26.9. The highest BCUT2D eigenvalue weighted by atomic mass is 16.5. The number of hydrogen-bond acceptors (Lipinski definition) is 7. The second-order valence-electron chi connectivity index (χ2n) is 11.9. The van der Waals surface area contributed by atoms with Crippen molar-refractivity contribution in [3.05, 3.63) is 66.7 Å². The van der Waals surface area contributed by atoms with Crippen molar-refractivity contribution in [2.45, 2.75) is 57.1 Å². The molecule has 5 atom stereocenters. The van der Waals surface area contributed by atoms with Crippen LogP contribution >= 0.6 is 0 Å². The first kappa shape index (κ1) is 29.7. The Morgan fingerprint density at radius 3 is 2.59 bits per heavy atom. The number of ether oxygens (including phenoxy) is 3. The van der Waals surface area contributed by atoms with Gasteiger partial charge >= 0.3 is 5.97 Å². The van der Waals surface area contributed by atoms with Crippen LogP contribution in [0.15, 0.2) is 66.7 Å². The number of fused-ring (bicyclic) bond motifs is 3. The molecule has 2 heterocycles. The molecular formula is C35H39N3O6. The Morgan fingerprint density at radius 2 is 1.82 bits per heavy atom. The molecule has 2 N–H and O–H groups in total. The fourth-order valence-corrected chi connectivity index (χ4v) is 6.52. The van der Waals surface area contributed by atoms with Crippen LogP contribution in [0.2, 0.25) is 0 Å². The van der Waals surface area contributed by atoms with E-state index >= 15 is 0 Å². The molecule has 1 aliphatic heterocycles. The number of aromatic nitrogens is 1. The Kier molecular flexibility index (Phi) is 8.55. The standard InChI is InChI=1S/C35H39N3O6/c1-3-43-34(41)35-21-23(35)13-9-4-5-10-16-36-32(39)27-17-25(18-28(27)33(40)38-35)44-31-20-29(22-11-7-6-8-12-22)37-30-19-24(42-2)14-15-26(30)31/h6-9,11-15,19-20,23,25,27-28H,3-5,10,16-18,21H2,1-2H3,(H,36,39)(H,38,40)/t23-,25+,27-,28-,35-/m1/s1. The number of allylic oxidation sites excluding steroid dienone is 1. The van der Waals surface area contributed by atoms with Crippen LogP contribution in [-0.2, 0) is 19.1 Å². The first-order valence-corrected chi connectivity index (χ1v) is 15.6. The van der Waals surface area contributed by atoms with Crippen LogP contribution in [0.4, 0.5) is 0 Å². The lowest BCUT2D eigenvalue weighted by atomic mass is 9.93. The fraction of sp³-hybridized carbons (Fsp3) is 0.429. The van der Waals surface area contributed by atoms with Crippen LogP contribution in [0.25, 0.3) is 22.2 Å². The van der Waals surface area contributed by atoms with Crippen molar-refractivity contribution < 1.29 is 28.6 Å². The molecule has 9 heteroatoms. The molecule has 2 saturated carbocycles. The molecule has 9 nitrogen and oxygen atoms in total. The number of nitrogens with one attached hydrogen (secondary N) is 2. The Labute approximate surface area is 257 Å². The van der Waals surface area contributed by atoms with Gasteiger partial charge in [-0.15, -0.1) is 0 Å². The zero-order chi connectivity index (χ0) is 30.7. The summed E-state index contributed by atoms with van der Waals surface area (Å²) in [5.41, 5.74) is 1.32. The number of rotatable bonds is 6. The van der Waals surface area contributed by atoms with Crippen molar-refractivity contribution in [2.75, 3.05) is 20.3 Å². The molecule has 0 radical (unpaired) electrons. The van der Waals surface area contributed by atoms with Gasteiger partial charge in [-0.25, -0.2) is 9.78 Å². The minimum atomic E-state index is -1.08. The molecule has 3 aliphatic rings. The average Bonchev–Trinajstić information content (AvgIpc) is 3.57. The van der Waals surface area contributed by atoms with Crippen LogP contribution < -0.4 is 20.1 Å². The quantitative estimate of drug-likeness (QED) is 0.304. The number of pyridine rings is 1. The molecule has 3 aromatic rings. The molecule has 6 rings (SSSR count). The minimum Gasteiger partial charge on any atom is -0.497 e. The van der Waals surface area contributed by atoms with Crippen molar-refractivity contribution in [1.29, 1.82) is 0 Å². The van der Waals surface area contributed by atoms with Gasteiger partial charge in [0.25, 0.3) is 0 Å². The lowest BCUT2D eigenvalue weighted by Crippen LogP contribution is -2.50. The maximum absolute atomic E-state index is 13.9. The molecule has 0 unspecified atom stereocenters. The third kappa shape index (κ3) is 6.00. The van der Waals surface area contributed by atoms with E-state index in [1.54, 1.807) is 14.0 Å². The van der Waals surface area contributed by atoms with E-state index in [2.05, 4.69) is 16.7 Å². The second kappa shape index (κ2) is 12.7. The Bertz CT molecular complexity index is 1570. The van der Waals surface area contributed by atoms with Crippen LogP contribution in [0.1, 0.15) is 45.4 Å². The molecule has 0 saturated heterocycles. The van der Waals surface area contributed by atoms with E-state index in [1.165, 1.54) is 0 Å². The Morgan fingerprint density at radius 1 is 1.02 bits per heavy atom. The van der Waals surface area contributed by atoms with E-state index in [-0.39, 0.29) is 24.3 Å². The SMILES string of the molecule is CCOC(=O)[C@@]12C[C@H]1C=CCCCCNC(=O)[C@@H]1C[C@H](Oc3cc(-c4ccccc4)nc4cc(OC)ccc34)C[C@H]1C(=O)N2.